The van der Waals surface area contributed by atoms with E-state index in [2.05, 4.69) is 4.18 Å². The molecule has 0 spiro atoms. The molecule has 1 aromatic heterocycles. The van der Waals surface area contributed by atoms with Gasteiger partial charge in [0.25, 0.3) is 0 Å². The van der Waals surface area contributed by atoms with Crippen LogP contribution in [0, 0.1) is 5.82 Å². The molecule has 154 valence electrons. The maximum atomic E-state index is 13.3. The van der Waals surface area contributed by atoms with E-state index in [1.54, 1.807) is 5.38 Å². The number of amides is 2. The van der Waals surface area contributed by atoms with Crippen molar-refractivity contribution in [2.45, 2.75) is 19.0 Å². The summed E-state index contributed by atoms with van der Waals surface area (Å²) >= 11 is 1.16. The van der Waals surface area contributed by atoms with E-state index >= 15 is 0 Å². The molecule has 2 aromatic rings. The van der Waals surface area contributed by atoms with Crippen molar-refractivity contribution in [3.63, 3.8) is 0 Å². The third kappa shape index (κ3) is 3.88. The van der Waals surface area contributed by atoms with Gasteiger partial charge in [-0.3, -0.25) is 0 Å². The number of carboxylic acids is 1. The van der Waals surface area contributed by atoms with Gasteiger partial charge in [0.05, 0.1) is 19.1 Å². The Labute approximate surface area is 197 Å². The smallest absolute Gasteiger partial charge is 0.548 e. The maximum Gasteiger partial charge on any atom is 1.00 e. The second-order valence-electron chi connectivity index (χ2n) is 6.32. The third-order valence-corrected chi connectivity index (χ3v) is 6.61. The second-order valence-corrected chi connectivity index (χ2v) is 8.43. The van der Waals surface area contributed by atoms with Gasteiger partial charge in [0.1, 0.15) is 17.9 Å². The average Bonchev–Trinajstić information content (AvgIpc) is 3.19. The zero-order valence-corrected chi connectivity index (χ0v) is 19.5. The van der Waals surface area contributed by atoms with Gasteiger partial charge in [-0.2, -0.15) is 13.5 Å². The molecule has 9 nitrogen and oxygen atoms in total. The number of hydroxylamine groups is 2. The van der Waals surface area contributed by atoms with Gasteiger partial charge in [-0.15, -0.1) is 15.6 Å². The minimum atomic E-state index is -4.50. The van der Waals surface area contributed by atoms with Gasteiger partial charge in [-0.1, -0.05) is 12.1 Å². The Morgan fingerprint density at radius 3 is 2.60 bits per heavy atom. The van der Waals surface area contributed by atoms with E-state index in [1.807, 2.05) is 0 Å². The first-order valence-corrected chi connectivity index (χ1v) is 10.7. The van der Waals surface area contributed by atoms with E-state index in [4.69, 9.17) is 4.28 Å². The first kappa shape index (κ1) is 23.1. The van der Waals surface area contributed by atoms with Crippen molar-refractivity contribution in [1.29, 1.82) is 0 Å². The topological polar surface area (TPSA) is 116 Å². The molecule has 30 heavy (non-hydrogen) atoms. The van der Waals surface area contributed by atoms with Crippen LogP contribution in [0.25, 0.3) is 11.1 Å². The number of carboxylic acid groups (broad SMARTS) is 1. The van der Waals surface area contributed by atoms with Gasteiger partial charge in [0, 0.05) is 10.4 Å². The van der Waals surface area contributed by atoms with Gasteiger partial charge < -0.3 is 14.8 Å². The fourth-order valence-corrected chi connectivity index (χ4v) is 5.41. The Bertz CT molecular complexity index is 1090. The predicted octanol–water partition coefficient (Wildman–Crippen LogP) is -1.65. The van der Waals surface area contributed by atoms with Crippen molar-refractivity contribution in [3.8, 4) is 11.1 Å². The summed E-state index contributed by atoms with van der Waals surface area (Å²) in [6.45, 7) is 1.15. The molecule has 2 atom stereocenters. The molecule has 2 unspecified atom stereocenters. The number of hydrogen-bond acceptors (Lipinski definition) is 8. The van der Waals surface area contributed by atoms with Crippen LogP contribution < -0.4 is 34.7 Å². The van der Waals surface area contributed by atoms with Crippen LogP contribution in [0.5, 0.6) is 0 Å². The number of rotatable bonds is 6. The molecule has 0 radical (unpaired) electrons. The van der Waals surface area contributed by atoms with Gasteiger partial charge in [0.2, 0.25) is 0 Å². The molecule has 0 aliphatic carbocycles. The molecular formula is C17H14FN2NaO7S2. The summed E-state index contributed by atoms with van der Waals surface area (Å²) in [4.78, 5) is 26.1. The number of carbonyl (C=O) groups is 2. The van der Waals surface area contributed by atoms with E-state index in [-0.39, 0.29) is 42.7 Å². The van der Waals surface area contributed by atoms with Crippen molar-refractivity contribution >= 4 is 33.7 Å². The number of urea groups is 1. The zero-order chi connectivity index (χ0) is 20.9. The number of hydrogen-bond donors (Lipinski definition) is 0. The van der Waals surface area contributed by atoms with E-state index in [0.29, 0.717) is 26.6 Å². The van der Waals surface area contributed by atoms with Gasteiger partial charge >= 0.3 is 46.0 Å². The minimum Gasteiger partial charge on any atom is -0.548 e. The number of thiophene rings is 1. The summed E-state index contributed by atoms with van der Waals surface area (Å²) in [5.74, 6) is -1.97. The van der Waals surface area contributed by atoms with Crippen LogP contribution in [0.1, 0.15) is 29.4 Å². The summed E-state index contributed by atoms with van der Waals surface area (Å²) in [6, 6.07) is 2.24. The molecule has 1 aromatic carbocycles. The van der Waals surface area contributed by atoms with Gasteiger partial charge in [0.15, 0.2) is 0 Å². The normalized spacial score (nSPS) is 20.1. The first-order chi connectivity index (χ1) is 13.7. The molecule has 1 fully saturated rings. The van der Waals surface area contributed by atoms with Crippen molar-refractivity contribution in [2.75, 3.05) is 13.2 Å². The SMILES string of the molecule is CCOS(=O)(=O)ON1C(=O)N2CC1c1scc(-c3ccc(F)cc3)c1C2C(=O)[O-].[Na+]. The van der Waals surface area contributed by atoms with Gasteiger partial charge in [-0.25, -0.2) is 13.4 Å². The fraction of sp³-hybridized carbons (Fsp3) is 0.294. The van der Waals surface area contributed by atoms with Crippen LogP contribution >= 0.6 is 11.3 Å². The number of aliphatic carboxylic acids is 1. The Kier molecular flexibility index (Phi) is 6.58. The standard InChI is InChI=1S/C17H15FN2O7S2.Na/c1-2-26-29(24,25)27-20-12-7-19(17(20)23)14(16(21)22)13-11(8-28-15(12)13)9-3-5-10(18)6-4-9;/h3-6,8,12,14H,2,7H2,1H3,(H,21,22);/q;+1/p-1. The Balaban J connectivity index is 0.00000256. The molecule has 2 bridgehead atoms. The van der Waals surface area contributed by atoms with Crippen LogP contribution in [0.3, 0.4) is 0 Å². The van der Waals surface area contributed by atoms with Crippen LogP contribution in [0.2, 0.25) is 0 Å². The quantitative estimate of drug-likeness (QED) is 0.471. The third-order valence-electron chi connectivity index (χ3n) is 4.65. The summed E-state index contributed by atoms with van der Waals surface area (Å²) < 4.78 is 46.4. The van der Waals surface area contributed by atoms with Crippen molar-refractivity contribution in [3.05, 3.63) is 45.9 Å². The number of halogens is 1. The van der Waals surface area contributed by atoms with Gasteiger partial charge in [-0.05, 0) is 35.6 Å². The largest absolute Gasteiger partial charge is 1.00 e. The molecule has 2 amide bonds. The zero-order valence-electron chi connectivity index (χ0n) is 15.9. The van der Waals surface area contributed by atoms with E-state index in [1.165, 1.54) is 31.2 Å². The first-order valence-electron chi connectivity index (χ1n) is 8.50. The molecule has 2 aliphatic rings. The summed E-state index contributed by atoms with van der Waals surface area (Å²) in [5.41, 5.74) is 1.35. The molecule has 0 saturated carbocycles. The number of fused-ring (bicyclic) bond motifs is 4. The van der Waals surface area contributed by atoms with E-state index in [9.17, 15) is 27.5 Å². The minimum absolute atomic E-state index is 0. The second kappa shape index (κ2) is 8.54. The Morgan fingerprint density at radius 1 is 1.33 bits per heavy atom. The monoisotopic (exact) mass is 464 g/mol. The molecule has 1 saturated heterocycles. The van der Waals surface area contributed by atoms with Crippen LogP contribution in [-0.2, 0) is 23.7 Å². The molecule has 0 N–H and O–H groups in total. The van der Waals surface area contributed by atoms with Crippen LogP contribution in [-0.4, -0.2) is 43.5 Å². The fourth-order valence-electron chi connectivity index (χ4n) is 3.53. The molecule has 3 heterocycles. The summed E-state index contributed by atoms with van der Waals surface area (Å²) in [7, 11) is -4.50. The summed E-state index contributed by atoms with van der Waals surface area (Å²) in [6.07, 6.45) is 0. The van der Waals surface area contributed by atoms with Crippen molar-refractivity contribution in [2.24, 2.45) is 0 Å². The number of nitrogens with zero attached hydrogens (tertiary/aromatic N) is 2. The molecular weight excluding hydrogens is 450 g/mol. The predicted molar refractivity (Wildman–Crippen MR) is 95.8 cm³/mol. The molecule has 13 heteroatoms. The van der Waals surface area contributed by atoms with Crippen molar-refractivity contribution < 1.29 is 65.5 Å². The Hall–Kier alpha value is -1.54. The average molecular weight is 464 g/mol. The van der Waals surface area contributed by atoms with E-state index < -0.39 is 40.3 Å². The number of carbonyl (C=O) groups excluding carboxylic acids is 2. The van der Waals surface area contributed by atoms with Crippen molar-refractivity contribution in [1.82, 2.24) is 9.96 Å². The molecule has 4 rings (SSSR count). The molecule has 2 aliphatic heterocycles. The maximum absolute atomic E-state index is 13.3. The van der Waals surface area contributed by atoms with Crippen LogP contribution in [0.15, 0.2) is 29.6 Å². The number of benzene rings is 1. The summed E-state index contributed by atoms with van der Waals surface area (Å²) in [5, 5.41) is 14.2. The van der Waals surface area contributed by atoms with E-state index in [0.717, 1.165) is 16.2 Å². The van der Waals surface area contributed by atoms with Crippen LogP contribution in [0.4, 0.5) is 9.18 Å². The Morgan fingerprint density at radius 2 is 2.00 bits per heavy atom.